The summed E-state index contributed by atoms with van der Waals surface area (Å²) in [5.74, 6) is -0.454. The Morgan fingerprint density at radius 3 is 2.96 bits per heavy atom. The van der Waals surface area contributed by atoms with E-state index in [4.69, 9.17) is 11.6 Å². The van der Waals surface area contributed by atoms with Gasteiger partial charge in [-0.05, 0) is 24.6 Å². The lowest BCUT2D eigenvalue weighted by atomic mass is 10.1. The summed E-state index contributed by atoms with van der Waals surface area (Å²) in [6.07, 6.45) is 1.000. The van der Waals surface area contributed by atoms with Gasteiger partial charge in [-0.3, -0.25) is 14.7 Å². The van der Waals surface area contributed by atoms with Gasteiger partial charge in [-0.1, -0.05) is 17.7 Å². The summed E-state index contributed by atoms with van der Waals surface area (Å²) in [6, 6.07) is 5.34. The molecule has 0 radical (unpaired) electrons. The van der Waals surface area contributed by atoms with Crippen LogP contribution < -0.4 is 16.0 Å². The standard InChI is InChI=1S/C17H20ClN5O2.ClH/c1-10-12(18)3-2-4-13(10)21-15(24)6-8-20-17(25)16-11-9-19-7-5-14(11)22-23-16;/h2-4,19H,5-9H2,1H3,(H,20,25)(H,21,24)(H,22,23);1H. The largest absolute Gasteiger partial charge is 0.350 e. The third-order valence-electron chi connectivity index (χ3n) is 4.20. The van der Waals surface area contributed by atoms with E-state index in [0.29, 0.717) is 22.9 Å². The minimum absolute atomic E-state index is 0. The Labute approximate surface area is 162 Å². The van der Waals surface area contributed by atoms with Crippen LogP contribution in [0.4, 0.5) is 5.69 Å². The SMILES string of the molecule is Cc1c(Cl)cccc1NC(=O)CCNC(=O)c1n[nH]c2c1CNCC2.Cl. The van der Waals surface area contributed by atoms with Crippen molar-refractivity contribution in [1.29, 1.82) is 0 Å². The van der Waals surface area contributed by atoms with Crippen molar-refractivity contribution < 1.29 is 9.59 Å². The highest BCUT2D eigenvalue weighted by Crippen LogP contribution is 2.22. The topological polar surface area (TPSA) is 98.9 Å². The highest BCUT2D eigenvalue weighted by atomic mass is 35.5. The van der Waals surface area contributed by atoms with E-state index < -0.39 is 0 Å². The molecule has 0 saturated carbocycles. The van der Waals surface area contributed by atoms with Crippen LogP contribution in [0.1, 0.15) is 33.7 Å². The van der Waals surface area contributed by atoms with Crippen molar-refractivity contribution in [3.63, 3.8) is 0 Å². The minimum Gasteiger partial charge on any atom is -0.350 e. The first-order valence-electron chi connectivity index (χ1n) is 8.16. The molecule has 1 aromatic carbocycles. The second-order valence-electron chi connectivity index (χ2n) is 5.92. The molecule has 0 fully saturated rings. The van der Waals surface area contributed by atoms with E-state index in [-0.39, 0.29) is 37.2 Å². The maximum Gasteiger partial charge on any atom is 0.272 e. The molecule has 1 aliphatic heterocycles. The van der Waals surface area contributed by atoms with Crippen LogP contribution in [0.25, 0.3) is 0 Å². The van der Waals surface area contributed by atoms with Crippen molar-refractivity contribution in [2.75, 3.05) is 18.4 Å². The summed E-state index contributed by atoms with van der Waals surface area (Å²) in [4.78, 5) is 24.3. The molecule has 1 aliphatic rings. The van der Waals surface area contributed by atoms with E-state index in [1.54, 1.807) is 18.2 Å². The Kier molecular flexibility index (Phi) is 7.02. The van der Waals surface area contributed by atoms with Crippen LogP contribution in [0.2, 0.25) is 5.02 Å². The average Bonchev–Trinajstić information content (AvgIpc) is 3.03. The highest BCUT2D eigenvalue weighted by molar-refractivity contribution is 6.31. The number of rotatable bonds is 5. The Morgan fingerprint density at radius 2 is 2.15 bits per heavy atom. The van der Waals surface area contributed by atoms with Crippen molar-refractivity contribution >= 4 is 41.5 Å². The number of fused-ring (bicyclic) bond motifs is 1. The summed E-state index contributed by atoms with van der Waals surface area (Å²) in [6.45, 7) is 3.58. The first-order chi connectivity index (χ1) is 12.1. The van der Waals surface area contributed by atoms with Gasteiger partial charge in [0.25, 0.3) is 5.91 Å². The number of nitrogens with zero attached hydrogens (tertiary/aromatic N) is 1. The molecular formula is C17H21Cl2N5O2. The Hall–Kier alpha value is -2.09. The van der Waals surface area contributed by atoms with Crippen LogP contribution in [0, 0.1) is 6.92 Å². The Bertz CT molecular complexity index is 806. The van der Waals surface area contributed by atoms with E-state index in [2.05, 4.69) is 26.1 Å². The molecule has 3 rings (SSSR count). The van der Waals surface area contributed by atoms with Crippen LogP contribution in [-0.4, -0.2) is 35.1 Å². The van der Waals surface area contributed by atoms with Crippen molar-refractivity contribution in [2.24, 2.45) is 0 Å². The predicted octanol–water partition coefficient (Wildman–Crippen LogP) is 2.20. The summed E-state index contributed by atoms with van der Waals surface area (Å²) in [7, 11) is 0. The number of anilines is 1. The molecule has 2 aromatic rings. The van der Waals surface area contributed by atoms with Crippen molar-refractivity contribution in [3.05, 3.63) is 45.7 Å². The number of nitrogens with one attached hydrogen (secondary N) is 4. The highest BCUT2D eigenvalue weighted by Gasteiger charge is 2.21. The molecule has 26 heavy (non-hydrogen) atoms. The maximum atomic E-state index is 12.2. The number of carbonyl (C=O) groups excluding carboxylic acids is 2. The van der Waals surface area contributed by atoms with Gasteiger partial charge < -0.3 is 16.0 Å². The average molecular weight is 398 g/mol. The van der Waals surface area contributed by atoms with E-state index in [9.17, 15) is 9.59 Å². The summed E-state index contributed by atoms with van der Waals surface area (Å²) >= 11 is 6.03. The molecule has 0 unspecified atom stereocenters. The molecule has 2 amide bonds. The molecule has 1 aromatic heterocycles. The third-order valence-corrected chi connectivity index (χ3v) is 4.61. The molecule has 9 heteroatoms. The van der Waals surface area contributed by atoms with Gasteiger partial charge in [0.1, 0.15) is 0 Å². The molecule has 7 nitrogen and oxygen atoms in total. The fourth-order valence-corrected chi connectivity index (χ4v) is 2.92. The van der Waals surface area contributed by atoms with Crippen molar-refractivity contribution in [3.8, 4) is 0 Å². The monoisotopic (exact) mass is 397 g/mol. The first kappa shape index (κ1) is 20.2. The van der Waals surface area contributed by atoms with E-state index in [0.717, 1.165) is 29.8 Å². The summed E-state index contributed by atoms with van der Waals surface area (Å²) in [5.41, 5.74) is 3.79. The van der Waals surface area contributed by atoms with Gasteiger partial charge in [0.2, 0.25) is 5.91 Å². The minimum atomic E-state index is -0.270. The summed E-state index contributed by atoms with van der Waals surface area (Å²) in [5, 5.41) is 16.4. The van der Waals surface area contributed by atoms with Crippen LogP contribution >= 0.6 is 24.0 Å². The van der Waals surface area contributed by atoms with Gasteiger partial charge in [-0.25, -0.2) is 0 Å². The van der Waals surface area contributed by atoms with Gasteiger partial charge >= 0.3 is 0 Å². The molecule has 0 saturated heterocycles. The van der Waals surface area contributed by atoms with Gasteiger partial charge in [-0.2, -0.15) is 5.10 Å². The number of benzene rings is 1. The fraction of sp³-hybridized carbons (Fsp3) is 0.353. The molecule has 0 spiro atoms. The molecule has 140 valence electrons. The molecule has 0 atom stereocenters. The fourth-order valence-electron chi connectivity index (χ4n) is 2.74. The van der Waals surface area contributed by atoms with E-state index in [1.165, 1.54) is 0 Å². The van der Waals surface area contributed by atoms with Crippen LogP contribution in [0.3, 0.4) is 0 Å². The molecular weight excluding hydrogens is 377 g/mol. The van der Waals surface area contributed by atoms with Gasteiger partial charge in [0.15, 0.2) is 5.69 Å². The van der Waals surface area contributed by atoms with Gasteiger partial charge in [-0.15, -0.1) is 12.4 Å². The number of aromatic nitrogens is 2. The van der Waals surface area contributed by atoms with E-state index >= 15 is 0 Å². The number of carbonyl (C=O) groups is 2. The smallest absolute Gasteiger partial charge is 0.272 e. The van der Waals surface area contributed by atoms with Crippen LogP contribution in [0.5, 0.6) is 0 Å². The zero-order chi connectivity index (χ0) is 17.8. The predicted molar refractivity (Wildman–Crippen MR) is 103 cm³/mol. The Balaban J connectivity index is 0.00000243. The lowest BCUT2D eigenvalue weighted by Crippen LogP contribution is -2.30. The van der Waals surface area contributed by atoms with E-state index in [1.807, 2.05) is 6.92 Å². The summed E-state index contributed by atoms with van der Waals surface area (Å²) < 4.78 is 0. The third kappa shape index (κ3) is 4.55. The zero-order valence-electron chi connectivity index (χ0n) is 14.3. The lowest BCUT2D eigenvalue weighted by molar-refractivity contribution is -0.116. The number of aromatic amines is 1. The number of hydrogen-bond donors (Lipinski definition) is 4. The molecule has 0 bridgehead atoms. The maximum absolute atomic E-state index is 12.2. The molecule has 0 aliphatic carbocycles. The van der Waals surface area contributed by atoms with Crippen molar-refractivity contribution in [2.45, 2.75) is 26.3 Å². The second-order valence-corrected chi connectivity index (χ2v) is 6.33. The molecule has 2 heterocycles. The quantitative estimate of drug-likeness (QED) is 0.621. The number of H-pyrrole nitrogens is 1. The second kappa shape index (κ2) is 9.02. The normalized spacial score (nSPS) is 12.7. The van der Waals surface area contributed by atoms with Gasteiger partial charge in [0.05, 0.1) is 0 Å². The number of amides is 2. The first-order valence-corrected chi connectivity index (χ1v) is 8.54. The zero-order valence-corrected chi connectivity index (χ0v) is 15.9. The van der Waals surface area contributed by atoms with Gasteiger partial charge in [0, 0.05) is 54.4 Å². The van der Waals surface area contributed by atoms with Crippen molar-refractivity contribution in [1.82, 2.24) is 20.8 Å². The van der Waals surface area contributed by atoms with Crippen LogP contribution in [-0.2, 0) is 17.8 Å². The number of hydrogen-bond acceptors (Lipinski definition) is 4. The number of halogens is 2. The lowest BCUT2D eigenvalue weighted by Gasteiger charge is -2.13. The molecule has 4 N–H and O–H groups in total. The Morgan fingerprint density at radius 1 is 1.35 bits per heavy atom. The van der Waals surface area contributed by atoms with Crippen LogP contribution in [0.15, 0.2) is 18.2 Å².